The minimum atomic E-state index is -3.68. The summed E-state index contributed by atoms with van der Waals surface area (Å²) in [5, 5.41) is 0. The van der Waals surface area contributed by atoms with Crippen molar-refractivity contribution in [2.75, 3.05) is 19.9 Å². The van der Waals surface area contributed by atoms with Gasteiger partial charge in [-0.1, -0.05) is 46.6 Å². The van der Waals surface area contributed by atoms with Crippen molar-refractivity contribution in [1.82, 2.24) is 4.90 Å². The van der Waals surface area contributed by atoms with E-state index in [1.165, 1.54) is 7.11 Å². The maximum atomic E-state index is 13.1. The van der Waals surface area contributed by atoms with Crippen molar-refractivity contribution in [1.29, 1.82) is 0 Å². The molecule has 1 atom stereocenters. The Balaban J connectivity index is 3.11. The summed E-state index contributed by atoms with van der Waals surface area (Å²) in [6.07, 6.45) is 4.81. The van der Waals surface area contributed by atoms with Gasteiger partial charge < -0.3 is 13.8 Å². The summed E-state index contributed by atoms with van der Waals surface area (Å²) in [5.41, 5.74) is 0.804. The zero-order valence-corrected chi connectivity index (χ0v) is 18.8. The monoisotopic (exact) mass is 413 g/mol. The highest BCUT2D eigenvalue weighted by molar-refractivity contribution is 7.86. The van der Waals surface area contributed by atoms with Crippen molar-refractivity contribution >= 4 is 16.0 Å². The Morgan fingerprint density at radius 1 is 1.18 bits per heavy atom. The van der Waals surface area contributed by atoms with Crippen molar-refractivity contribution in [2.24, 2.45) is 11.8 Å². The Hall–Kier alpha value is -1.76. The summed E-state index contributed by atoms with van der Waals surface area (Å²) < 4.78 is 33.3. The first-order valence-corrected chi connectivity index (χ1v) is 11.8. The number of hydrogen-bond acceptors (Lipinski definition) is 5. The number of methoxy groups -OCH3 is 1. The highest BCUT2D eigenvalue weighted by Crippen LogP contribution is 2.30. The fourth-order valence-electron chi connectivity index (χ4n) is 3.15. The van der Waals surface area contributed by atoms with Gasteiger partial charge in [0.25, 0.3) is 0 Å². The van der Waals surface area contributed by atoms with Gasteiger partial charge >= 0.3 is 10.1 Å². The number of rotatable bonds is 12. The van der Waals surface area contributed by atoms with E-state index in [4.69, 9.17) is 8.92 Å². The molecule has 0 unspecified atom stereocenters. The van der Waals surface area contributed by atoms with E-state index in [1.54, 1.807) is 12.1 Å². The Morgan fingerprint density at radius 2 is 1.86 bits per heavy atom. The number of benzene rings is 1. The number of nitrogens with zero attached hydrogens (tertiary/aromatic N) is 1. The summed E-state index contributed by atoms with van der Waals surface area (Å²) >= 11 is 0. The topological polar surface area (TPSA) is 72.9 Å². The van der Waals surface area contributed by atoms with Gasteiger partial charge in [-0.05, 0) is 36.5 Å². The van der Waals surface area contributed by atoms with Crippen molar-refractivity contribution < 1.29 is 22.1 Å². The Morgan fingerprint density at radius 3 is 2.36 bits per heavy atom. The molecule has 1 rings (SSSR count). The summed E-state index contributed by atoms with van der Waals surface area (Å²) in [7, 11) is -2.22. The number of unbranched alkanes of at least 4 members (excludes halogenated alkanes) is 1. The van der Waals surface area contributed by atoms with E-state index in [2.05, 4.69) is 27.7 Å². The van der Waals surface area contributed by atoms with E-state index in [0.717, 1.165) is 37.5 Å². The van der Waals surface area contributed by atoms with Crippen LogP contribution in [0.5, 0.6) is 11.5 Å². The lowest BCUT2D eigenvalue weighted by Crippen LogP contribution is -2.38. The maximum Gasteiger partial charge on any atom is 0.306 e. The Labute approximate surface area is 170 Å². The second kappa shape index (κ2) is 11.3. The third-order valence-corrected chi connectivity index (χ3v) is 4.97. The highest BCUT2D eigenvalue weighted by atomic mass is 32.2. The first-order chi connectivity index (χ1) is 13.1. The fourth-order valence-corrected chi connectivity index (χ4v) is 3.61. The van der Waals surface area contributed by atoms with Gasteiger partial charge in [0.15, 0.2) is 11.5 Å². The van der Waals surface area contributed by atoms with Crippen LogP contribution < -0.4 is 8.92 Å². The molecular formula is C21H35NO5S. The Bertz CT molecular complexity index is 730. The van der Waals surface area contributed by atoms with E-state index in [-0.39, 0.29) is 17.6 Å². The number of carbonyl (C=O) groups excluding carboxylic acids is 1. The SMILES string of the molecule is CCCC[C@@H](CC)C(=O)N(Cc1ccc(OC)c(OS(C)(=O)=O)c1)CC(C)C. The molecule has 28 heavy (non-hydrogen) atoms. The van der Waals surface area contributed by atoms with Crippen molar-refractivity contribution in [3.05, 3.63) is 23.8 Å². The molecule has 1 aromatic rings. The Kier molecular flexibility index (Phi) is 9.79. The van der Waals surface area contributed by atoms with Crippen LogP contribution in [0.1, 0.15) is 58.9 Å². The van der Waals surface area contributed by atoms with Crippen molar-refractivity contribution in [2.45, 2.75) is 59.9 Å². The minimum Gasteiger partial charge on any atom is -0.493 e. The molecule has 0 radical (unpaired) electrons. The van der Waals surface area contributed by atoms with Crippen molar-refractivity contribution in [3.8, 4) is 11.5 Å². The zero-order chi connectivity index (χ0) is 21.3. The number of hydrogen-bond donors (Lipinski definition) is 0. The predicted molar refractivity (Wildman–Crippen MR) is 112 cm³/mol. The second-order valence-corrected chi connectivity index (χ2v) is 9.21. The van der Waals surface area contributed by atoms with Crippen LogP contribution in [0.3, 0.4) is 0 Å². The number of carbonyl (C=O) groups is 1. The third-order valence-electron chi connectivity index (χ3n) is 4.49. The average molecular weight is 414 g/mol. The van der Waals surface area contributed by atoms with Crippen molar-refractivity contribution in [3.63, 3.8) is 0 Å². The van der Waals surface area contributed by atoms with E-state index in [9.17, 15) is 13.2 Å². The van der Waals surface area contributed by atoms with Crippen LogP contribution in [-0.4, -0.2) is 39.1 Å². The van der Waals surface area contributed by atoms with Crippen LogP contribution in [0, 0.1) is 11.8 Å². The summed E-state index contributed by atoms with van der Waals surface area (Å²) in [6.45, 7) is 9.40. The third kappa shape index (κ3) is 8.09. The molecule has 0 saturated heterocycles. The average Bonchev–Trinajstić information content (AvgIpc) is 2.60. The summed E-state index contributed by atoms with van der Waals surface area (Å²) in [5.74, 6) is 0.982. The van der Waals surface area contributed by atoms with Crippen LogP contribution >= 0.6 is 0 Å². The van der Waals surface area contributed by atoms with Gasteiger partial charge in [0.05, 0.1) is 13.4 Å². The molecule has 0 aliphatic carbocycles. The van der Waals surface area contributed by atoms with E-state index in [0.29, 0.717) is 24.8 Å². The lowest BCUT2D eigenvalue weighted by atomic mass is 9.97. The molecule has 6 nitrogen and oxygen atoms in total. The molecule has 1 aromatic carbocycles. The smallest absolute Gasteiger partial charge is 0.306 e. The standard InChI is InChI=1S/C21H35NO5S/c1-7-9-10-18(8-2)21(23)22(14-16(3)4)15-17-11-12-19(26-5)20(13-17)27-28(6,24)25/h11-13,16,18H,7-10,14-15H2,1-6H3/t18-/m1/s1. The van der Waals surface area contributed by atoms with Gasteiger partial charge in [-0.25, -0.2) is 0 Å². The van der Waals surface area contributed by atoms with E-state index in [1.807, 2.05) is 11.0 Å². The van der Waals surface area contributed by atoms with E-state index < -0.39 is 10.1 Å². The van der Waals surface area contributed by atoms with Crippen LogP contribution in [0.4, 0.5) is 0 Å². The van der Waals surface area contributed by atoms with Crippen LogP contribution in [0.2, 0.25) is 0 Å². The minimum absolute atomic E-state index is 0.0173. The fraction of sp³-hybridized carbons (Fsp3) is 0.667. The van der Waals surface area contributed by atoms with Gasteiger partial charge in [-0.2, -0.15) is 8.42 Å². The normalized spacial score (nSPS) is 12.7. The highest BCUT2D eigenvalue weighted by Gasteiger charge is 2.24. The van der Waals surface area contributed by atoms with Crippen LogP contribution in [-0.2, 0) is 21.5 Å². The first-order valence-electron chi connectivity index (χ1n) is 9.96. The molecule has 1 amide bonds. The largest absolute Gasteiger partial charge is 0.493 e. The quantitative estimate of drug-likeness (QED) is 0.479. The van der Waals surface area contributed by atoms with Gasteiger partial charge in [0.2, 0.25) is 5.91 Å². The molecule has 0 aromatic heterocycles. The molecule has 0 aliphatic rings. The summed E-state index contributed by atoms with van der Waals surface area (Å²) in [4.78, 5) is 15.0. The summed E-state index contributed by atoms with van der Waals surface area (Å²) in [6, 6.07) is 5.14. The number of ether oxygens (including phenoxy) is 1. The molecule has 0 N–H and O–H groups in total. The molecule has 0 fully saturated rings. The van der Waals surface area contributed by atoms with Gasteiger partial charge in [0.1, 0.15) is 0 Å². The molecule has 0 bridgehead atoms. The molecular weight excluding hydrogens is 378 g/mol. The second-order valence-electron chi connectivity index (χ2n) is 7.63. The molecule has 0 aliphatic heterocycles. The molecule has 0 spiro atoms. The first kappa shape index (κ1) is 24.3. The lowest BCUT2D eigenvalue weighted by Gasteiger charge is -2.29. The van der Waals surface area contributed by atoms with Crippen LogP contribution in [0.15, 0.2) is 18.2 Å². The lowest BCUT2D eigenvalue weighted by molar-refractivity contribution is -0.137. The van der Waals surface area contributed by atoms with Gasteiger partial charge in [-0.3, -0.25) is 4.79 Å². The molecule has 160 valence electrons. The number of amides is 1. The van der Waals surface area contributed by atoms with E-state index >= 15 is 0 Å². The van der Waals surface area contributed by atoms with Gasteiger partial charge in [-0.15, -0.1) is 0 Å². The zero-order valence-electron chi connectivity index (χ0n) is 18.0. The molecule has 0 heterocycles. The maximum absolute atomic E-state index is 13.1. The van der Waals surface area contributed by atoms with Gasteiger partial charge in [0, 0.05) is 19.0 Å². The predicted octanol–water partition coefficient (Wildman–Crippen LogP) is 4.23. The molecule has 0 saturated carbocycles. The van der Waals surface area contributed by atoms with Crippen LogP contribution in [0.25, 0.3) is 0 Å². The molecule has 7 heteroatoms.